The summed E-state index contributed by atoms with van der Waals surface area (Å²) in [5.41, 5.74) is 4.05. The van der Waals surface area contributed by atoms with E-state index in [1.165, 1.54) is 31.4 Å². The quantitative estimate of drug-likeness (QED) is 0.760. The number of hydrogen-bond acceptors (Lipinski definition) is 4. The minimum absolute atomic E-state index is 0.0356. The van der Waals surface area contributed by atoms with Crippen molar-refractivity contribution in [3.8, 4) is 11.5 Å². The Bertz CT molecular complexity index is 972. The molecule has 2 bridgehead atoms. The summed E-state index contributed by atoms with van der Waals surface area (Å²) in [4.78, 5) is 15.0. The van der Waals surface area contributed by atoms with Crippen LogP contribution in [0.5, 0.6) is 11.5 Å². The van der Waals surface area contributed by atoms with Crippen molar-refractivity contribution in [1.82, 2.24) is 0 Å². The Kier molecular flexibility index (Phi) is 4.60. The Labute approximate surface area is 176 Å². The SMILES string of the molecule is COc1cc2c(c(OC)c1NC(=O)CC13CC(C1)C3)CCN(c1ccc(F)cc1)C2. The maximum Gasteiger partial charge on any atom is 0.225 e. The molecule has 1 N–H and O–H groups in total. The van der Waals surface area contributed by atoms with Crippen LogP contribution in [0.15, 0.2) is 30.3 Å². The fraction of sp³-hybridized carbons (Fsp3) is 0.458. The van der Waals surface area contributed by atoms with Crippen LogP contribution in [-0.2, 0) is 17.8 Å². The van der Waals surface area contributed by atoms with E-state index in [9.17, 15) is 9.18 Å². The highest BCUT2D eigenvalue weighted by molar-refractivity contribution is 5.95. The minimum Gasteiger partial charge on any atom is -0.494 e. The summed E-state index contributed by atoms with van der Waals surface area (Å²) in [6.45, 7) is 1.46. The number of fused-ring (bicyclic) bond motifs is 1. The molecule has 3 fully saturated rings. The van der Waals surface area contributed by atoms with E-state index in [0.717, 1.165) is 35.7 Å². The lowest BCUT2D eigenvalue weighted by Gasteiger charge is -2.61. The number of hydrogen-bond donors (Lipinski definition) is 1. The van der Waals surface area contributed by atoms with Crippen LogP contribution in [0.1, 0.15) is 36.8 Å². The number of nitrogens with zero attached hydrogens (tertiary/aromatic N) is 1. The Hall–Kier alpha value is -2.76. The second kappa shape index (κ2) is 7.18. The summed E-state index contributed by atoms with van der Waals surface area (Å²) >= 11 is 0. The van der Waals surface area contributed by atoms with Gasteiger partial charge in [0, 0.05) is 30.8 Å². The fourth-order valence-corrected chi connectivity index (χ4v) is 5.45. The van der Waals surface area contributed by atoms with Crippen molar-refractivity contribution in [2.75, 3.05) is 31.0 Å². The standard InChI is InChI=1S/C24H27FN2O3/c1-29-20-9-16-14-27(18-5-3-17(25)4-6-18)8-7-19(16)23(30-2)22(20)26-21(28)13-24-10-15(11-24)12-24/h3-6,9,15H,7-8,10-14H2,1-2H3,(H,26,28). The zero-order valence-electron chi connectivity index (χ0n) is 17.5. The Morgan fingerprint density at radius 2 is 1.93 bits per heavy atom. The molecule has 6 rings (SSSR count). The van der Waals surface area contributed by atoms with Crippen molar-refractivity contribution in [1.29, 1.82) is 0 Å². The van der Waals surface area contributed by atoms with Crippen LogP contribution in [-0.4, -0.2) is 26.7 Å². The maximum atomic E-state index is 13.3. The normalized spacial score (nSPS) is 23.7. The first-order valence-electron chi connectivity index (χ1n) is 10.6. The van der Waals surface area contributed by atoms with E-state index in [2.05, 4.69) is 10.2 Å². The van der Waals surface area contributed by atoms with Gasteiger partial charge in [0.1, 0.15) is 23.0 Å². The van der Waals surface area contributed by atoms with Gasteiger partial charge < -0.3 is 19.7 Å². The zero-order chi connectivity index (χ0) is 20.9. The van der Waals surface area contributed by atoms with Crippen LogP contribution in [0.4, 0.5) is 15.8 Å². The zero-order valence-corrected chi connectivity index (χ0v) is 17.5. The molecule has 0 saturated heterocycles. The summed E-state index contributed by atoms with van der Waals surface area (Å²) in [5, 5.41) is 3.08. The first kappa shape index (κ1) is 19.2. The number of anilines is 2. The topological polar surface area (TPSA) is 50.8 Å². The predicted molar refractivity (Wildman–Crippen MR) is 114 cm³/mol. The number of halogens is 1. The van der Waals surface area contributed by atoms with E-state index >= 15 is 0 Å². The van der Waals surface area contributed by atoms with Gasteiger partial charge in [-0.25, -0.2) is 4.39 Å². The molecule has 30 heavy (non-hydrogen) atoms. The predicted octanol–water partition coefficient (Wildman–Crippen LogP) is 4.53. The van der Waals surface area contributed by atoms with Gasteiger partial charge in [-0.3, -0.25) is 4.79 Å². The monoisotopic (exact) mass is 410 g/mol. The highest BCUT2D eigenvalue weighted by Crippen LogP contribution is 2.66. The number of ether oxygens (including phenoxy) is 2. The molecule has 3 aliphatic carbocycles. The molecule has 0 radical (unpaired) electrons. The second-order valence-electron chi connectivity index (χ2n) is 8.98. The molecule has 6 heteroatoms. The molecule has 0 atom stereocenters. The highest BCUT2D eigenvalue weighted by atomic mass is 19.1. The molecule has 0 unspecified atom stereocenters. The lowest BCUT2D eigenvalue weighted by Crippen LogP contribution is -2.53. The molecule has 1 heterocycles. The molecule has 1 amide bonds. The Balaban J connectivity index is 1.41. The molecule has 0 aromatic heterocycles. The number of amides is 1. The lowest BCUT2D eigenvalue weighted by atomic mass is 9.43. The van der Waals surface area contributed by atoms with Crippen molar-refractivity contribution in [3.05, 3.63) is 47.3 Å². The Morgan fingerprint density at radius 3 is 2.53 bits per heavy atom. The number of nitrogens with one attached hydrogen (secondary N) is 1. The van der Waals surface area contributed by atoms with Crippen LogP contribution < -0.4 is 19.7 Å². The van der Waals surface area contributed by atoms with Crippen LogP contribution >= 0.6 is 0 Å². The van der Waals surface area contributed by atoms with E-state index in [1.54, 1.807) is 26.4 Å². The molecular formula is C24H27FN2O3. The second-order valence-corrected chi connectivity index (χ2v) is 8.98. The van der Waals surface area contributed by atoms with Gasteiger partial charge in [-0.2, -0.15) is 0 Å². The van der Waals surface area contributed by atoms with Gasteiger partial charge in [-0.1, -0.05) is 0 Å². The number of methoxy groups -OCH3 is 2. The highest BCUT2D eigenvalue weighted by Gasteiger charge is 2.57. The smallest absolute Gasteiger partial charge is 0.225 e. The molecule has 2 aromatic carbocycles. The number of carbonyl (C=O) groups excluding carboxylic acids is 1. The Morgan fingerprint density at radius 1 is 1.20 bits per heavy atom. The van der Waals surface area contributed by atoms with Gasteiger partial charge in [-0.05, 0) is 72.9 Å². The van der Waals surface area contributed by atoms with Gasteiger partial charge in [0.05, 0.1) is 14.2 Å². The van der Waals surface area contributed by atoms with Crippen molar-refractivity contribution < 1.29 is 18.7 Å². The van der Waals surface area contributed by atoms with Crippen LogP contribution in [0.3, 0.4) is 0 Å². The first-order valence-corrected chi connectivity index (χ1v) is 10.6. The summed E-state index contributed by atoms with van der Waals surface area (Å²) < 4.78 is 24.7. The summed E-state index contributed by atoms with van der Waals surface area (Å²) in [5.74, 6) is 1.95. The van der Waals surface area contributed by atoms with Gasteiger partial charge in [0.15, 0.2) is 0 Å². The fourth-order valence-electron chi connectivity index (χ4n) is 5.45. The molecule has 158 valence electrons. The number of rotatable bonds is 6. The van der Waals surface area contributed by atoms with Crippen LogP contribution in [0, 0.1) is 17.2 Å². The van der Waals surface area contributed by atoms with Crippen molar-refractivity contribution in [2.45, 2.75) is 38.6 Å². The molecule has 1 aliphatic heterocycles. The molecule has 0 spiro atoms. The van der Waals surface area contributed by atoms with Gasteiger partial charge in [0.25, 0.3) is 0 Å². The largest absolute Gasteiger partial charge is 0.494 e. The summed E-state index contributed by atoms with van der Waals surface area (Å²) in [6.07, 6.45) is 4.92. The van der Waals surface area contributed by atoms with E-state index in [0.29, 0.717) is 30.2 Å². The van der Waals surface area contributed by atoms with E-state index in [-0.39, 0.29) is 17.1 Å². The summed E-state index contributed by atoms with van der Waals surface area (Å²) in [6, 6.07) is 8.56. The van der Waals surface area contributed by atoms with Gasteiger partial charge in [-0.15, -0.1) is 0 Å². The molecule has 3 saturated carbocycles. The van der Waals surface area contributed by atoms with Crippen molar-refractivity contribution >= 4 is 17.3 Å². The maximum absolute atomic E-state index is 13.3. The van der Waals surface area contributed by atoms with Gasteiger partial charge in [0.2, 0.25) is 5.91 Å². The van der Waals surface area contributed by atoms with Gasteiger partial charge >= 0.3 is 0 Å². The van der Waals surface area contributed by atoms with E-state index < -0.39 is 0 Å². The molecular weight excluding hydrogens is 383 g/mol. The number of carbonyl (C=O) groups is 1. The van der Waals surface area contributed by atoms with Crippen molar-refractivity contribution in [2.24, 2.45) is 11.3 Å². The lowest BCUT2D eigenvalue weighted by molar-refractivity contribution is -0.139. The third-order valence-corrected chi connectivity index (χ3v) is 7.01. The van der Waals surface area contributed by atoms with E-state index in [1.807, 2.05) is 6.07 Å². The average molecular weight is 410 g/mol. The molecule has 5 nitrogen and oxygen atoms in total. The number of benzene rings is 2. The van der Waals surface area contributed by atoms with Crippen LogP contribution in [0.2, 0.25) is 0 Å². The van der Waals surface area contributed by atoms with Crippen LogP contribution in [0.25, 0.3) is 0 Å². The third-order valence-electron chi connectivity index (χ3n) is 7.01. The minimum atomic E-state index is -0.237. The molecule has 4 aliphatic rings. The molecule has 2 aromatic rings. The third kappa shape index (κ3) is 3.18. The average Bonchev–Trinajstić information content (AvgIpc) is 2.69. The first-order chi connectivity index (χ1) is 14.5. The van der Waals surface area contributed by atoms with Crippen molar-refractivity contribution in [3.63, 3.8) is 0 Å². The van der Waals surface area contributed by atoms with E-state index in [4.69, 9.17) is 9.47 Å². The summed E-state index contributed by atoms with van der Waals surface area (Å²) in [7, 11) is 3.25.